The maximum atomic E-state index is 13.3. The number of amides is 1. The molecule has 2 aromatic rings. The number of hydrogen-bond donors (Lipinski definition) is 2. The Morgan fingerprint density at radius 1 is 1.35 bits per heavy atom. The van der Waals surface area contributed by atoms with Gasteiger partial charge in [-0.1, -0.05) is 26.0 Å². The number of nitrogens with zero attached hydrogens (tertiary/aromatic N) is 1. The molecule has 1 heterocycles. The van der Waals surface area contributed by atoms with Gasteiger partial charge in [0.2, 0.25) is 0 Å². The molecule has 7 heteroatoms. The third kappa shape index (κ3) is 3.92. The zero-order valence-corrected chi connectivity index (χ0v) is 13.8. The summed E-state index contributed by atoms with van der Waals surface area (Å²) >= 11 is 1.11. The number of aryl methyl sites for hydroxylation is 1. The number of halogens is 1. The van der Waals surface area contributed by atoms with E-state index < -0.39 is 17.9 Å². The van der Waals surface area contributed by atoms with Crippen LogP contribution in [-0.2, 0) is 4.79 Å². The van der Waals surface area contributed by atoms with Crippen molar-refractivity contribution in [3.05, 3.63) is 40.7 Å². The minimum atomic E-state index is -1.08. The largest absolute Gasteiger partial charge is 0.480 e. The van der Waals surface area contributed by atoms with Gasteiger partial charge in [-0.15, -0.1) is 11.3 Å². The summed E-state index contributed by atoms with van der Waals surface area (Å²) < 4.78 is 13.3. The van der Waals surface area contributed by atoms with Gasteiger partial charge in [-0.25, -0.2) is 14.2 Å². The van der Waals surface area contributed by atoms with E-state index in [1.807, 2.05) is 0 Å². The van der Waals surface area contributed by atoms with Crippen LogP contribution in [0.25, 0.3) is 10.6 Å². The van der Waals surface area contributed by atoms with Gasteiger partial charge in [0, 0.05) is 5.56 Å². The summed E-state index contributed by atoms with van der Waals surface area (Å²) in [4.78, 5) is 28.1. The molecule has 0 saturated carbocycles. The van der Waals surface area contributed by atoms with Crippen LogP contribution in [0.4, 0.5) is 4.39 Å². The molecule has 122 valence electrons. The van der Waals surface area contributed by atoms with E-state index in [9.17, 15) is 14.0 Å². The van der Waals surface area contributed by atoms with E-state index in [0.29, 0.717) is 21.1 Å². The number of aliphatic carboxylic acids is 1. The summed E-state index contributed by atoms with van der Waals surface area (Å²) in [6, 6.07) is 4.98. The molecule has 1 atom stereocenters. The van der Waals surface area contributed by atoms with Gasteiger partial charge in [0.25, 0.3) is 5.91 Å². The van der Waals surface area contributed by atoms with Gasteiger partial charge in [0.1, 0.15) is 21.7 Å². The molecule has 0 unspecified atom stereocenters. The molecule has 0 radical (unpaired) electrons. The zero-order valence-electron chi connectivity index (χ0n) is 13.0. The molecular formula is C16H17FN2O3S. The molecule has 0 saturated heterocycles. The highest BCUT2D eigenvalue weighted by Crippen LogP contribution is 2.28. The molecule has 1 aromatic heterocycles. The van der Waals surface area contributed by atoms with E-state index in [1.165, 1.54) is 12.1 Å². The summed E-state index contributed by atoms with van der Waals surface area (Å²) in [7, 11) is 0. The summed E-state index contributed by atoms with van der Waals surface area (Å²) in [5, 5.41) is 12.2. The van der Waals surface area contributed by atoms with Gasteiger partial charge in [-0.05, 0) is 25.0 Å². The van der Waals surface area contributed by atoms with Gasteiger partial charge in [0.05, 0.1) is 5.69 Å². The van der Waals surface area contributed by atoms with Crippen LogP contribution in [0.15, 0.2) is 24.3 Å². The molecule has 0 bridgehead atoms. The van der Waals surface area contributed by atoms with Crippen molar-refractivity contribution < 1.29 is 19.1 Å². The van der Waals surface area contributed by atoms with Crippen LogP contribution in [0.3, 0.4) is 0 Å². The standard InChI is InChI=1S/C16H17FN2O3S/c1-8(2)12(16(21)22)19-14(20)13-9(3)18-15(23-13)10-5-4-6-11(17)7-10/h4-8,12H,1-3H3,(H,19,20)(H,21,22)/t12-/m0/s1. The minimum Gasteiger partial charge on any atom is -0.480 e. The average molecular weight is 336 g/mol. The maximum Gasteiger partial charge on any atom is 0.326 e. The highest BCUT2D eigenvalue weighted by molar-refractivity contribution is 7.17. The summed E-state index contributed by atoms with van der Waals surface area (Å²) in [6.07, 6.45) is 0. The molecule has 2 N–H and O–H groups in total. The quantitative estimate of drug-likeness (QED) is 0.879. The van der Waals surface area contributed by atoms with Gasteiger partial charge >= 0.3 is 5.97 Å². The number of benzene rings is 1. The summed E-state index contributed by atoms with van der Waals surface area (Å²) in [5.74, 6) is -2.19. The molecule has 0 aliphatic rings. The Morgan fingerprint density at radius 3 is 2.61 bits per heavy atom. The highest BCUT2D eigenvalue weighted by atomic mass is 32.1. The van der Waals surface area contributed by atoms with Gasteiger partial charge < -0.3 is 10.4 Å². The first-order valence-electron chi connectivity index (χ1n) is 7.06. The van der Waals surface area contributed by atoms with E-state index in [-0.39, 0.29) is 11.7 Å². The number of hydrogen-bond acceptors (Lipinski definition) is 4. The number of carbonyl (C=O) groups is 2. The number of aromatic nitrogens is 1. The SMILES string of the molecule is Cc1nc(-c2cccc(F)c2)sc1C(=O)N[C@H](C(=O)O)C(C)C. The smallest absolute Gasteiger partial charge is 0.326 e. The number of thiazole rings is 1. The summed E-state index contributed by atoms with van der Waals surface area (Å²) in [5.41, 5.74) is 1.07. The van der Waals surface area contributed by atoms with E-state index in [4.69, 9.17) is 5.11 Å². The van der Waals surface area contributed by atoms with Crippen molar-refractivity contribution >= 4 is 23.2 Å². The number of carbonyl (C=O) groups excluding carboxylic acids is 1. The molecule has 0 spiro atoms. The fourth-order valence-electron chi connectivity index (χ4n) is 2.07. The molecule has 1 amide bonds. The van der Waals surface area contributed by atoms with Gasteiger partial charge in [-0.3, -0.25) is 4.79 Å². The minimum absolute atomic E-state index is 0.243. The molecule has 0 aliphatic heterocycles. The molecule has 5 nitrogen and oxygen atoms in total. The van der Waals surface area contributed by atoms with Gasteiger partial charge in [-0.2, -0.15) is 0 Å². The lowest BCUT2D eigenvalue weighted by molar-refractivity contribution is -0.140. The van der Waals surface area contributed by atoms with Crippen LogP contribution in [0, 0.1) is 18.7 Å². The van der Waals surface area contributed by atoms with Crippen molar-refractivity contribution in [2.24, 2.45) is 5.92 Å². The Labute approximate surface area is 137 Å². The van der Waals surface area contributed by atoms with Crippen molar-refractivity contribution in [1.29, 1.82) is 0 Å². The second-order valence-corrected chi connectivity index (χ2v) is 6.48. The molecule has 1 aromatic carbocycles. The van der Waals surface area contributed by atoms with Crippen molar-refractivity contribution in [1.82, 2.24) is 10.3 Å². The third-order valence-electron chi connectivity index (χ3n) is 3.29. The molecule has 23 heavy (non-hydrogen) atoms. The van der Waals surface area contributed by atoms with E-state index >= 15 is 0 Å². The van der Waals surface area contributed by atoms with Crippen molar-refractivity contribution in [2.45, 2.75) is 26.8 Å². The Morgan fingerprint density at radius 2 is 2.04 bits per heavy atom. The van der Waals surface area contributed by atoms with Crippen molar-refractivity contribution in [3.63, 3.8) is 0 Å². The zero-order chi connectivity index (χ0) is 17.1. The van der Waals surface area contributed by atoms with Crippen LogP contribution in [0.5, 0.6) is 0 Å². The number of carboxylic acid groups (broad SMARTS) is 1. The lowest BCUT2D eigenvalue weighted by atomic mass is 10.0. The number of carboxylic acids is 1. The molecule has 0 aliphatic carbocycles. The van der Waals surface area contributed by atoms with Crippen molar-refractivity contribution in [2.75, 3.05) is 0 Å². The number of nitrogens with one attached hydrogen (secondary N) is 1. The van der Waals surface area contributed by atoms with Gasteiger partial charge in [0.15, 0.2) is 0 Å². The first-order chi connectivity index (χ1) is 10.8. The predicted octanol–water partition coefficient (Wildman–Crippen LogP) is 3.10. The Kier molecular flexibility index (Phi) is 5.10. The first kappa shape index (κ1) is 17.1. The Balaban J connectivity index is 2.27. The van der Waals surface area contributed by atoms with Crippen LogP contribution < -0.4 is 5.32 Å². The van der Waals surface area contributed by atoms with Crippen LogP contribution in [0.2, 0.25) is 0 Å². The van der Waals surface area contributed by atoms with E-state index in [2.05, 4.69) is 10.3 Å². The van der Waals surface area contributed by atoms with Crippen LogP contribution in [0.1, 0.15) is 29.2 Å². The third-order valence-corrected chi connectivity index (χ3v) is 4.50. The average Bonchev–Trinajstić information content (AvgIpc) is 2.86. The monoisotopic (exact) mass is 336 g/mol. The fraction of sp³-hybridized carbons (Fsp3) is 0.312. The molecule has 2 rings (SSSR count). The second-order valence-electron chi connectivity index (χ2n) is 5.48. The molecule has 0 fully saturated rings. The van der Waals surface area contributed by atoms with Crippen LogP contribution >= 0.6 is 11.3 Å². The lowest BCUT2D eigenvalue weighted by Crippen LogP contribution is -2.44. The fourth-order valence-corrected chi connectivity index (χ4v) is 3.04. The first-order valence-corrected chi connectivity index (χ1v) is 7.88. The van der Waals surface area contributed by atoms with Crippen LogP contribution in [-0.4, -0.2) is 28.0 Å². The Bertz CT molecular complexity index is 743. The van der Waals surface area contributed by atoms with E-state index in [1.54, 1.807) is 32.9 Å². The Hall–Kier alpha value is -2.28. The maximum absolute atomic E-state index is 13.3. The van der Waals surface area contributed by atoms with Crippen molar-refractivity contribution in [3.8, 4) is 10.6 Å². The number of rotatable bonds is 5. The summed E-state index contributed by atoms with van der Waals surface area (Å²) in [6.45, 7) is 5.10. The van der Waals surface area contributed by atoms with E-state index in [0.717, 1.165) is 11.3 Å². The molecular weight excluding hydrogens is 319 g/mol. The highest BCUT2D eigenvalue weighted by Gasteiger charge is 2.26. The lowest BCUT2D eigenvalue weighted by Gasteiger charge is -2.17. The predicted molar refractivity (Wildman–Crippen MR) is 86.0 cm³/mol. The second kappa shape index (κ2) is 6.87. The topological polar surface area (TPSA) is 79.3 Å². The normalized spacial score (nSPS) is 12.2.